The van der Waals surface area contributed by atoms with Gasteiger partial charge in [-0.3, -0.25) is 4.79 Å². The SMILES string of the molecule is COCCN(CCO)C(=O)c1c(Cl)c2ccccc2n1C. The maximum Gasteiger partial charge on any atom is 0.272 e. The third kappa shape index (κ3) is 3.05. The molecule has 2 aromatic rings. The number of para-hydroxylation sites is 1. The second kappa shape index (κ2) is 6.93. The van der Waals surface area contributed by atoms with Gasteiger partial charge in [-0.2, -0.15) is 0 Å². The number of methoxy groups -OCH3 is 1. The lowest BCUT2D eigenvalue weighted by Gasteiger charge is -2.21. The first-order valence-corrected chi connectivity index (χ1v) is 7.11. The van der Waals surface area contributed by atoms with Gasteiger partial charge in [-0.1, -0.05) is 29.8 Å². The summed E-state index contributed by atoms with van der Waals surface area (Å²) in [5, 5.41) is 10.4. The lowest BCUT2D eigenvalue weighted by atomic mass is 10.2. The third-order valence-corrected chi connectivity index (χ3v) is 3.85. The molecule has 0 fully saturated rings. The Hall–Kier alpha value is -1.56. The molecule has 6 heteroatoms. The van der Waals surface area contributed by atoms with Crippen molar-refractivity contribution in [3.8, 4) is 0 Å². The number of carbonyl (C=O) groups excluding carboxylic acids is 1. The Morgan fingerprint density at radius 3 is 2.71 bits per heavy atom. The molecular formula is C15H19ClN2O3. The molecule has 1 N–H and O–H groups in total. The zero-order valence-electron chi connectivity index (χ0n) is 12.2. The van der Waals surface area contributed by atoms with Crippen molar-refractivity contribution in [3.63, 3.8) is 0 Å². The molecule has 0 aliphatic rings. The summed E-state index contributed by atoms with van der Waals surface area (Å²) < 4.78 is 6.80. The minimum absolute atomic E-state index is 0.100. The van der Waals surface area contributed by atoms with E-state index in [0.717, 1.165) is 10.9 Å². The first-order chi connectivity index (χ1) is 10.1. The summed E-state index contributed by atoms with van der Waals surface area (Å²) in [6.07, 6.45) is 0. The van der Waals surface area contributed by atoms with Gasteiger partial charge >= 0.3 is 0 Å². The summed E-state index contributed by atoms with van der Waals surface area (Å²) in [7, 11) is 3.39. The number of aliphatic hydroxyl groups excluding tert-OH is 1. The summed E-state index contributed by atoms with van der Waals surface area (Å²) >= 11 is 6.37. The third-order valence-electron chi connectivity index (χ3n) is 3.47. The average molecular weight is 311 g/mol. The second-order valence-electron chi connectivity index (χ2n) is 4.75. The molecule has 0 atom stereocenters. The number of aryl methyl sites for hydroxylation is 1. The van der Waals surface area contributed by atoms with Crippen molar-refractivity contribution in [2.45, 2.75) is 0 Å². The number of hydrogen-bond donors (Lipinski definition) is 1. The second-order valence-corrected chi connectivity index (χ2v) is 5.13. The van der Waals surface area contributed by atoms with Crippen LogP contribution in [-0.4, -0.2) is 53.9 Å². The Morgan fingerprint density at radius 2 is 2.10 bits per heavy atom. The molecular weight excluding hydrogens is 292 g/mol. The normalized spacial score (nSPS) is 11.0. The fourth-order valence-electron chi connectivity index (χ4n) is 2.37. The van der Waals surface area contributed by atoms with E-state index >= 15 is 0 Å². The Bertz CT molecular complexity index is 600. The van der Waals surface area contributed by atoms with Crippen molar-refractivity contribution in [2.24, 2.45) is 7.05 Å². The van der Waals surface area contributed by atoms with Crippen molar-refractivity contribution in [2.75, 3.05) is 33.4 Å². The molecule has 2 rings (SSSR count). The van der Waals surface area contributed by atoms with Crippen LogP contribution in [0.15, 0.2) is 24.3 Å². The molecule has 0 unspecified atom stereocenters. The van der Waals surface area contributed by atoms with Crippen LogP contribution in [0.2, 0.25) is 5.02 Å². The molecule has 21 heavy (non-hydrogen) atoms. The van der Waals surface area contributed by atoms with Crippen molar-refractivity contribution in [1.82, 2.24) is 9.47 Å². The summed E-state index contributed by atoms with van der Waals surface area (Å²) in [4.78, 5) is 14.3. The molecule has 1 aromatic carbocycles. The highest BCUT2D eigenvalue weighted by Crippen LogP contribution is 2.30. The van der Waals surface area contributed by atoms with Gasteiger partial charge in [0.15, 0.2) is 0 Å². The first-order valence-electron chi connectivity index (χ1n) is 6.73. The van der Waals surface area contributed by atoms with E-state index in [1.54, 1.807) is 16.6 Å². The number of halogens is 1. The molecule has 0 radical (unpaired) electrons. The van der Waals surface area contributed by atoms with Gasteiger partial charge in [0.1, 0.15) is 5.69 Å². The number of fused-ring (bicyclic) bond motifs is 1. The van der Waals surface area contributed by atoms with Crippen LogP contribution in [0, 0.1) is 0 Å². The van der Waals surface area contributed by atoms with E-state index in [-0.39, 0.29) is 19.1 Å². The quantitative estimate of drug-likeness (QED) is 0.887. The predicted octanol–water partition coefficient (Wildman–Crippen LogP) is 1.91. The van der Waals surface area contributed by atoms with Gasteiger partial charge < -0.3 is 19.3 Å². The molecule has 0 bridgehead atoms. The predicted molar refractivity (Wildman–Crippen MR) is 82.8 cm³/mol. The Kier molecular flexibility index (Phi) is 5.22. The minimum Gasteiger partial charge on any atom is -0.395 e. The molecule has 1 heterocycles. The van der Waals surface area contributed by atoms with Crippen LogP contribution in [-0.2, 0) is 11.8 Å². The number of carbonyl (C=O) groups is 1. The number of hydrogen-bond acceptors (Lipinski definition) is 3. The van der Waals surface area contributed by atoms with E-state index in [2.05, 4.69) is 0 Å². The van der Waals surface area contributed by atoms with Crippen molar-refractivity contribution < 1.29 is 14.6 Å². The number of rotatable bonds is 6. The van der Waals surface area contributed by atoms with E-state index in [4.69, 9.17) is 21.4 Å². The standard InChI is InChI=1S/C15H19ClN2O3/c1-17-12-6-4-3-5-11(12)13(16)14(17)15(20)18(7-9-19)8-10-21-2/h3-6,19H,7-10H2,1-2H3. The number of ether oxygens (including phenoxy) is 1. The molecule has 0 aliphatic carbocycles. The summed E-state index contributed by atoms with van der Waals surface area (Å²) in [6, 6.07) is 7.60. The summed E-state index contributed by atoms with van der Waals surface area (Å²) in [5.41, 5.74) is 1.34. The fourth-order valence-corrected chi connectivity index (χ4v) is 2.74. The lowest BCUT2D eigenvalue weighted by Crippen LogP contribution is -2.37. The zero-order chi connectivity index (χ0) is 15.4. The van der Waals surface area contributed by atoms with Crippen LogP contribution in [0.3, 0.4) is 0 Å². The highest BCUT2D eigenvalue weighted by molar-refractivity contribution is 6.38. The summed E-state index contributed by atoms with van der Waals surface area (Å²) in [5.74, 6) is -0.204. The summed E-state index contributed by atoms with van der Waals surface area (Å²) in [6.45, 7) is 0.970. The van der Waals surface area contributed by atoms with Crippen LogP contribution in [0.1, 0.15) is 10.5 Å². The van der Waals surface area contributed by atoms with E-state index in [9.17, 15) is 4.79 Å². The molecule has 1 amide bonds. The largest absolute Gasteiger partial charge is 0.395 e. The van der Waals surface area contributed by atoms with Gasteiger partial charge in [0.25, 0.3) is 5.91 Å². The molecule has 0 saturated carbocycles. The highest BCUT2D eigenvalue weighted by Gasteiger charge is 2.24. The van der Waals surface area contributed by atoms with Crippen LogP contribution >= 0.6 is 11.6 Å². The minimum atomic E-state index is -0.204. The van der Waals surface area contributed by atoms with E-state index in [0.29, 0.717) is 23.9 Å². The zero-order valence-corrected chi connectivity index (χ0v) is 12.9. The average Bonchev–Trinajstić information content (AvgIpc) is 2.75. The van der Waals surface area contributed by atoms with Crippen molar-refractivity contribution in [1.29, 1.82) is 0 Å². The van der Waals surface area contributed by atoms with E-state index < -0.39 is 0 Å². The van der Waals surface area contributed by atoms with Gasteiger partial charge in [0.2, 0.25) is 0 Å². The molecule has 5 nitrogen and oxygen atoms in total. The number of benzene rings is 1. The molecule has 0 aliphatic heterocycles. The maximum absolute atomic E-state index is 12.7. The van der Waals surface area contributed by atoms with Gasteiger partial charge in [-0.05, 0) is 6.07 Å². The molecule has 0 saturated heterocycles. The Labute approximate surface area is 128 Å². The van der Waals surface area contributed by atoms with Crippen molar-refractivity contribution in [3.05, 3.63) is 35.0 Å². The monoisotopic (exact) mass is 310 g/mol. The number of amides is 1. The molecule has 1 aromatic heterocycles. The van der Waals surface area contributed by atoms with Crippen LogP contribution < -0.4 is 0 Å². The van der Waals surface area contributed by atoms with E-state index in [1.807, 2.05) is 31.3 Å². The number of aliphatic hydroxyl groups is 1. The first kappa shape index (κ1) is 15.8. The molecule has 114 valence electrons. The van der Waals surface area contributed by atoms with Gasteiger partial charge in [-0.15, -0.1) is 0 Å². The van der Waals surface area contributed by atoms with Crippen LogP contribution in [0.4, 0.5) is 0 Å². The topological polar surface area (TPSA) is 54.7 Å². The van der Waals surface area contributed by atoms with Gasteiger partial charge in [0, 0.05) is 38.1 Å². The lowest BCUT2D eigenvalue weighted by molar-refractivity contribution is 0.0648. The van der Waals surface area contributed by atoms with Gasteiger partial charge in [-0.25, -0.2) is 0 Å². The van der Waals surface area contributed by atoms with Crippen molar-refractivity contribution >= 4 is 28.4 Å². The van der Waals surface area contributed by atoms with Crippen LogP contribution in [0.5, 0.6) is 0 Å². The Morgan fingerprint density at radius 1 is 1.38 bits per heavy atom. The maximum atomic E-state index is 12.7. The van der Waals surface area contributed by atoms with Gasteiger partial charge in [0.05, 0.1) is 18.2 Å². The number of aromatic nitrogens is 1. The molecule has 0 spiro atoms. The smallest absolute Gasteiger partial charge is 0.272 e. The Balaban J connectivity index is 2.41. The number of nitrogens with zero attached hydrogens (tertiary/aromatic N) is 2. The van der Waals surface area contributed by atoms with E-state index in [1.165, 1.54) is 0 Å². The fraction of sp³-hybridized carbons (Fsp3) is 0.400. The highest BCUT2D eigenvalue weighted by atomic mass is 35.5. The van der Waals surface area contributed by atoms with Crippen LogP contribution in [0.25, 0.3) is 10.9 Å².